The first-order chi connectivity index (χ1) is 11.7. The molecule has 24 heavy (non-hydrogen) atoms. The Kier molecular flexibility index (Phi) is 3.43. The third-order valence-electron chi connectivity index (χ3n) is 3.51. The number of aromatic nitrogens is 4. The van der Waals surface area contributed by atoms with E-state index in [4.69, 9.17) is 5.73 Å². The molecule has 0 aliphatic carbocycles. The number of aromatic amines is 1. The molecule has 0 spiro atoms. The van der Waals surface area contributed by atoms with Gasteiger partial charge in [0.05, 0.1) is 11.3 Å². The topological polar surface area (TPSA) is 102 Å². The van der Waals surface area contributed by atoms with Crippen LogP contribution < -0.4 is 10.5 Å². The highest BCUT2D eigenvalue weighted by Crippen LogP contribution is 2.16. The van der Waals surface area contributed by atoms with Crippen molar-refractivity contribution in [3.8, 4) is 5.69 Å². The van der Waals surface area contributed by atoms with Crippen LogP contribution in [0.2, 0.25) is 0 Å². The number of nitrogens with zero attached hydrogens (tertiary/aromatic N) is 4. The molecule has 0 bridgehead atoms. The highest BCUT2D eigenvalue weighted by atomic mass is 32.1. The molecule has 118 valence electrons. The Hall–Kier alpha value is -3.26. The third-order valence-corrected chi connectivity index (χ3v) is 4.27. The van der Waals surface area contributed by atoms with Crippen LogP contribution in [0.1, 0.15) is 10.4 Å². The van der Waals surface area contributed by atoms with Gasteiger partial charge in [0.15, 0.2) is 4.80 Å². The fourth-order valence-corrected chi connectivity index (χ4v) is 3.14. The quantitative estimate of drug-likeness (QED) is 0.585. The summed E-state index contributed by atoms with van der Waals surface area (Å²) in [5.41, 5.74) is 7.68. The number of amides is 1. The number of nitrogen functional groups attached to an aromatic ring is 1. The number of nitrogens with one attached hydrogen (secondary N) is 1. The number of hydrogen-bond donors (Lipinski definition) is 2. The molecule has 0 saturated carbocycles. The lowest BCUT2D eigenvalue weighted by Gasteiger charge is -2.02. The Morgan fingerprint density at radius 1 is 1.29 bits per heavy atom. The molecule has 3 N–H and O–H groups in total. The molecule has 0 aliphatic rings. The van der Waals surface area contributed by atoms with E-state index in [1.165, 1.54) is 11.3 Å². The van der Waals surface area contributed by atoms with Crippen LogP contribution in [0.5, 0.6) is 0 Å². The van der Waals surface area contributed by atoms with Crippen LogP contribution in [0, 0.1) is 0 Å². The third kappa shape index (κ3) is 2.48. The average molecular weight is 336 g/mol. The molecule has 0 aliphatic heterocycles. The van der Waals surface area contributed by atoms with Gasteiger partial charge in [0.2, 0.25) is 0 Å². The molecule has 0 atom stereocenters. The number of fused-ring (bicyclic) bond motifs is 1. The number of anilines is 1. The fraction of sp³-hybridized carbons (Fsp3) is 0. The average Bonchev–Trinajstić information content (AvgIpc) is 3.21. The molecule has 4 rings (SSSR count). The van der Waals surface area contributed by atoms with E-state index in [9.17, 15) is 4.79 Å². The zero-order valence-corrected chi connectivity index (χ0v) is 13.2. The van der Waals surface area contributed by atoms with E-state index < -0.39 is 0 Å². The first-order valence-electron chi connectivity index (χ1n) is 7.11. The molecule has 0 saturated heterocycles. The standard InChI is InChI=1S/C16H12N6OS/c17-13-8-10(3-5-18-13)22-6-7-24-16(22)21-15(23)12-9-20-14-11(12)2-1-4-19-14/h1-9H,(H2,17,18)(H,19,20). The summed E-state index contributed by atoms with van der Waals surface area (Å²) in [7, 11) is 0. The van der Waals surface area contributed by atoms with Gasteiger partial charge in [-0.3, -0.25) is 9.36 Å². The van der Waals surface area contributed by atoms with Gasteiger partial charge in [-0.25, -0.2) is 9.97 Å². The second-order valence-electron chi connectivity index (χ2n) is 5.01. The van der Waals surface area contributed by atoms with Gasteiger partial charge in [0.1, 0.15) is 11.5 Å². The zero-order chi connectivity index (χ0) is 16.5. The number of carbonyl (C=O) groups is 1. The number of H-pyrrole nitrogens is 1. The van der Waals surface area contributed by atoms with E-state index >= 15 is 0 Å². The maximum absolute atomic E-state index is 12.6. The maximum Gasteiger partial charge on any atom is 0.281 e. The Bertz CT molecular complexity index is 1110. The minimum Gasteiger partial charge on any atom is -0.384 e. The maximum atomic E-state index is 12.6. The van der Waals surface area contributed by atoms with E-state index in [1.54, 1.807) is 35.3 Å². The van der Waals surface area contributed by atoms with Gasteiger partial charge in [-0.2, -0.15) is 4.99 Å². The van der Waals surface area contributed by atoms with Crippen molar-refractivity contribution in [3.05, 3.63) is 64.8 Å². The predicted octanol–water partition coefficient (Wildman–Crippen LogP) is 2.13. The van der Waals surface area contributed by atoms with Gasteiger partial charge in [-0.1, -0.05) is 0 Å². The summed E-state index contributed by atoms with van der Waals surface area (Å²) in [6, 6.07) is 7.17. The van der Waals surface area contributed by atoms with Crippen molar-refractivity contribution in [2.45, 2.75) is 0 Å². The van der Waals surface area contributed by atoms with Crippen molar-refractivity contribution in [2.24, 2.45) is 4.99 Å². The highest BCUT2D eigenvalue weighted by molar-refractivity contribution is 7.07. The molecule has 0 aromatic carbocycles. The van der Waals surface area contributed by atoms with Crippen molar-refractivity contribution in [2.75, 3.05) is 5.73 Å². The molecule has 0 fully saturated rings. The molecular formula is C16H12N6OS. The van der Waals surface area contributed by atoms with E-state index in [0.29, 0.717) is 21.8 Å². The normalized spacial score (nSPS) is 11.9. The minimum absolute atomic E-state index is 0.326. The first kappa shape index (κ1) is 14.3. The van der Waals surface area contributed by atoms with Crippen molar-refractivity contribution in [1.82, 2.24) is 19.5 Å². The highest BCUT2D eigenvalue weighted by Gasteiger charge is 2.12. The van der Waals surface area contributed by atoms with Crippen LogP contribution in [-0.2, 0) is 0 Å². The molecule has 0 radical (unpaired) electrons. The lowest BCUT2D eigenvalue weighted by Crippen LogP contribution is -2.14. The Labute approximate surface area is 140 Å². The first-order valence-corrected chi connectivity index (χ1v) is 7.99. The van der Waals surface area contributed by atoms with Gasteiger partial charge < -0.3 is 10.7 Å². The minimum atomic E-state index is -0.326. The van der Waals surface area contributed by atoms with E-state index in [0.717, 1.165) is 11.1 Å². The molecule has 7 nitrogen and oxygen atoms in total. The number of pyridine rings is 2. The van der Waals surface area contributed by atoms with Crippen molar-refractivity contribution >= 4 is 34.1 Å². The monoisotopic (exact) mass is 336 g/mol. The van der Waals surface area contributed by atoms with Gasteiger partial charge in [0.25, 0.3) is 5.91 Å². The van der Waals surface area contributed by atoms with Crippen molar-refractivity contribution in [3.63, 3.8) is 0 Å². The number of hydrogen-bond acceptors (Lipinski definition) is 5. The fourth-order valence-electron chi connectivity index (χ4n) is 2.42. The Balaban J connectivity index is 1.80. The van der Waals surface area contributed by atoms with Gasteiger partial charge in [-0.05, 0) is 18.2 Å². The molecule has 1 amide bonds. The van der Waals surface area contributed by atoms with Crippen molar-refractivity contribution < 1.29 is 4.79 Å². The summed E-state index contributed by atoms with van der Waals surface area (Å²) in [5, 5.41) is 2.61. The van der Waals surface area contributed by atoms with Crippen LogP contribution in [0.15, 0.2) is 59.4 Å². The predicted molar refractivity (Wildman–Crippen MR) is 91.8 cm³/mol. The molecular weight excluding hydrogens is 324 g/mol. The van der Waals surface area contributed by atoms with E-state index in [-0.39, 0.29) is 5.91 Å². The molecule has 4 aromatic rings. The smallest absolute Gasteiger partial charge is 0.281 e. The summed E-state index contributed by atoms with van der Waals surface area (Å²) >= 11 is 1.37. The number of carbonyl (C=O) groups excluding carboxylic acids is 1. The lowest BCUT2D eigenvalue weighted by atomic mass is 10.2. The van der Waals surface area contributed by atoms with Crippen molar-refractivity contribution in [1.29, 1.82) is 0 Å². The van der Waals surface area contributed by atoms with Crippen LogP contribution in [0.4, 0.5) is 5.82 Å². The van der Waals surface area contributed by atoms with Crippen LogP contribution in [0.3, 0.4) is 0 Å². The zero-order valence-electron chi connectivity index (χ0n) is 12.4. The summed E-state index contributed by atoms with van der Waals surface area (Å²) in [6.07, 6.45) is 6.76. The van der Waals surface area contributed by atoms with Crippen LogP contribution in [-0.4, -0.2) is 25.4 Å². The van der Waals surface area contributed by atoms with Crippen LogP contribution in [0.25, 0.3) is 16.7 Å². The summed E-state index contributed by atoms with van der Waals surface area (Å²) in [5.74, 6) is 0.0821. The van der Waals surface area contributed by atoms with E-state index in [2.05, 4.69) is 19.9 Å². The van der Waals surface area contributed by atoms with E-state index in [1.807, 2.05) is 23.7 Å². The second kappa shape index (κ2) is 5.74. The van der Waals surface area contributed by atoms with Gasteiger partial charge >= 0.3 is 0 Å². The second-order valence-corrected chi connectivity index (χ2v) is 5.89. The Morgan fingerprint density at radius 2 is 2.21 bits per heavy atom. The lowest BCUT2D eigenvalue weighted by molar-refractivity contribution is 0.0999. The molecule has 4 aromatic heterocycles. The molecule has 8 heteroatoms. The summed E-state index contributed by atoms with van der Waals surface area (Å²) in [6.45, 7) is 0. The number of nitrogens with two attached hydrogens (primary N) is 1. The Morgan fingerprint density at radius 3 is 3.08 bits per heavy atom. The number of rotatable bonds is 2. The SMILES string of the molecule is Nc1cc(-n2ccsc2=NC(=O)c2c[nH]c3ncccc23)ccn1. The molecule has 0 unspecified atom stereocenters. The van der Waals surface area contributed by atoms with Gasteiger partial charge in [-0.15, -0.1) is 11.3 Å². The number of thiazole rings is 1. The van der Waals surface area contributed by atoms with Gasteiger partial charge in [0, 0.05) is 41.6 Å². The van der Waals surface area contributed by atoms with Crippen LogP contribution >= 0.6 is 11.3 Å². The molecule has 4 heterocycles. The largest absolute Gasteiger partial charge is 0.384 e. The summed E-state index contributed by atoms with van der Waals surface area (Å²) in [4.78, 5) is 28.5. The summed E-state index contributed by atoms with van der Waals surface area (Å²) < 4.78 is 1.80.